The number of rotatable bonds is 3. The van der Waals surface area contributed by atoms with Gasteiger partial charge in [0.15, 0.2) is 0 Å². The smallest absolute Gasteiger partial charge is 0.312 e. The first-order chi connectivity index (χ1) is 8.56. The van der Waals surface area contributed by atoms with E-state index in [1.54, 1.807) is 12.1 Å². The normalized spacial score (nSPS) is 17.8. The third-order valence-corrected chi connectivity index (χ3v) is 2.87. The molecule has 0 saturated carbocycles. The summed E-state index contributed by atoms with van der Waals surface area (Å²) in [5.74, 6) is 0.0682. The van der Waals surface area contributed by atoms with Crippen molar-refractivity contribution >= 4 is 12.0 Å². The highest BCUT2D eigenvalue weighted by atomic mass is 16.5. The van der Waals surface area contributed by atoms with E-state index in [4.69, 9.17) is 10.5 Å². The number of carbonyl (C=O) groups is 2. The van der Waals surface area contributed by atoms with Gasteiger partial charge >= 0.3 is 12.0 Å². The molecular weight excluding hydrogens is 236 g/mol. The number of esters is 1. The van der Waals surface area contributed by atoms with Gasteiger partial charge in [0.1, 0.15) is 11.5 Å². The summed E-state index contributed by atoms with van der Waals surface area (Å²) < 4.78 is 5.06. The number of aromatic hydroxyl groups is 1. The van der Waals surface area contributed by atoms with E-state index in [0.717, 1.165) is 5.56 Å². The third-order valence-electron chi connectivity index (χ3n) is 2.87. The maximum absolute atomic E-state index is 11.4. The molecule has 6 nitrogen and oxygen atoms in total. The number of amides is 2. The molecule has 0 fully saturated rings. The van der Waals surface area contributed by atoms with E-state index in [9.17, 15) is 14.7 Å². The van der Waals surface area contributed by atoms with Crippen LogP contribution in [-0.2, 0) is 4.79 Å². The molecule has 1 aromatic rings. The molecule has 18 heavy (non-hydrogen) atoms. The SMILES string of the molecule is NC(=O)NCCC1CC(=O)Oc2cc(O)ccc21. The molecule has 1 heterocycles. The molecule has 1 aromatic carbocycles. The average Bonchev–Trinajstić information content (AvgIpc) is 2.27. The van der Waals surface area contributed by atoms with Crippen LogP contribution in [0.25, 0.3) is 0 Å². The van der Waals surface area contributed by atoms with Crippen LogP contribution in [0.4, 0.5) is 4.79 Å². The van der Waals surface area contributed by atoms with Crippen LogP contribution in [-0.4, -0.2) is 23.7 Å². The van der Waals surface area contributed by atoms with Gasteiger partial charge in [-0.05, 0) is 24.0 Å². The van der Waals surface area contributed by atoms with E-state index in [2.05, 4.69) is 5.32 Å². The second kappa shape index (κ2) is 4.95. The van der Waals surface area contributed by atoms with Crippen LogP contribution in [0, 0.1) is 0 Å². The van der Waals surface area contributed by atoms with Crippen LogP contribution in [0.15, 0.2) is 18.2 Å². The van der Waals surface area contributed by atoms with E-state index < -0.39 is 6.03 Å². The number of nitrogens with two attached hydrogens (primary N) is 1. The summed E-state index contributed by atoms with van der Waals surface area (Å²) in [4.78, 5) is 22.0. The van der Waals surface area contributed by atoms with Crippen molar-refractivity contribution in [2.45, 2.75) is 18.8 Å². The number of urea groups is 1. The Labute approximate surface area is 104 Å². The first-order valence-corrected chi connectivity index (χ1v) is 5.63. The summed E-state index contributed by atoms with van der Waals surface area (Å²) in [6.45, 7) is 0.396. The number of ether oxygens (including phenoxy) is 1. The summed E-state index contributed by atoms with van der Waals surface area (Å²) in [7, 11) is 0. The zero-order valence-corrected chi connectivity index (χ0v) is 9.68. The molecule has 1 atom stereocenters. The molecule has 2 rings (SSSR count). The minimum absolute atomic E-state index is 0.0336. The zero-order valence-electron chi connectivity index (χ0n) is 9.68. The number of fused-ring (bicyclic) bond motifs is 1. The summed E-state index contributed by atoms with van der Waals surface area (Å²) in [5, 5.41) is 11.8. The van der Waals surface area contributed by atoms with Crippen LogP contribution in [0.2, 0.25) is 0 Å². The summed E-state index contributed by atoms with van der Waals surface area (Å²) in [6.07, 6.45) is 0.855. The van der Waals surface area contributed by atoms with Crippen molar-refractivity contribution in [3.8, 4) is 11.5 Å². The number of carbonyl (C=O) groups excluding carboxylic acids is 2. The molecule has 0 spiro atoms. The summed E-state index contributed by atoms with van der Waals surface area (Å²) in [6, 6.07) is 4.11. The van der Waals surface area contributed by atoms with Crippen molar-refractivity contribution in [2.24, 2.45) is 5.73 Å². The fourth-order valence-corrected chi connectivity index (χ4v) is 2.05. The van der Waals surface area contributed by atoms with Crippen LogP contribution in [0.1, 0.15) is 24.3 Å². The molecule has 0 aliphatic carbocycles. The molecule has 1 aliphatic rings. The van der Waals surface area contributed by atoms with Gasteiger partial charge in [0, 0.05) is 12.6 Å². The highest BCUT2D eigenvalue weighted by molar-refractivity contribution is 5.77. The number of hydrogen-bond donors (Lipinski definition) is 3. The van der Waals surface area contributed by atoms with E-state index >= 15 is 0 Å². The standard InChI is InChI=1S/C12H14N2O4/c13-12(17)14-4-3-7-5-11(16)18-10-6-8(15)1-2-9(7)10/h1-2,6-7,15H,3-5H2,(H3,13,14,17). The van der Waals surface area contributed by atoms with Crippen molar-refractivity contribution in [2.75, 3.05) is 6.54 Å². The number of benzene rings is 1. The van der Waals surface area contributed by atoms with E-state index in [0.29, 0.717) is 18.7 Å². The molecule has 96 valence electrons. The van der Waals surface area contributed by atoms with Crippen molar-refractivity contribution < 1.29 is 19.4 Å². The number of hydrogen-bond acceptors (Lipinski definition) is 4. The molecule has 0 saturated heterocycles. The van der Waals surface area contributed by atoms with Gasteiger partial charge in [-0.15, -0.1) is 0 Å². The fourth-order valence-electron chi connectivity index (χ4n) is 2.05. The zero-order chi connectivity index (χ0) is 13.1. The predicted molar refractivity (Wildman–Crippen MR) is 63.3 cm³/mol. The van der Waals surface area contributed by atoms with Crippen molar-refractivity contribution in [3.63, 3.8) is 0 Å². The van der Waals surface area contributed by atoms with Crippen LogP contribution in [0.3, 0.4) is 0 Å². The molecule has 0 aromatic heterocycles. The Bertz CT molecular complexity index is 487. The third kappa shape index (κ3) is 2.71. The van der Waals surface area contributed by atoms with Gasteiger partial charge in [-0.3, -0.25) is 4.79 Å². The predicted octanol–water partition coefficient (Wildman–Crippen LogP) is 0.843. The largest absolute Gasteiger partial charge is 0.508 e. The number of primary amides is 1. The van der Waals surface area contributed by atoms with Gasteiger partial charge in [-0.2, -0.15) is 0 Å². The Morgan fingerprint density at radius 3 is 3.06 bits per heavy atom. The maximum atomic E-state index is 11.4. The average molecular weight is 250 g/mol. The Balaban J connectivity index is 2.12. The summed E-state index contributed by atoms with van der Waals surface area (Å²) in [5.41, 5.74) is 5.83. The second-order valence-corrected chi connectivity index (χ2v) is 4.18. The number of nitrogens with one attached hydrogen (secondary N) is 1. The van der Waals surface area contributed by atoms with Gasteiger partial charge in [0.25, 0.3) is 0 Å². The molecule has 0 radical (unpaired) electrons. The molecular formula is C12H14N2O4. The Kier molecular flexibility index (Phi) is 3.36. The van der Waals surface area contributed by atoms with E-state index in [1.165, 1.54) is 6.07 Å². The van der Waals surface area contributed by atoms with Crippen LogP contribution < -0.4 is 15.8 Å². The molecule has 6 heteroatoms. The van der Waals surface area contributed by atoms with Crippen LogP contribution >= 0.6 is 0 Å². The monoisotopic (exact) mass is 250 g/mol. The fraction of sp³-hybridized carbons (Fsp3) is 0.333. The van der Waals surface area contributed by atoms with Crippen LogP contribution in [0.5, 0.6) is 11.5 Å². The molecule has 0 bridgehead atoms. The molecule has 1 unspecified atom stereocenters. The van der Waals surface area contributed by atoms with Gasteiger partial charge < -0.3 is 20.9 Å². The number of phenols is 1. The lowest BCUT2D eigenvalue weighted by molar-refractivity contribution is -0.135. The van der Waals surface area contributed by atoms with E-state index in [1.807, 2.05) is 0 Å². The Hall–Kier alpha value is -2.24. The highest BCUT2D eigenvalue weighted by Gasteiger charge is 2.27. The van der Waals surface area contributed by atoms with Crippen molar-refractivity contribution in [3.05, 3.63) is 23.8 Å². The topological polar surface area (TPSA) is 102 Å². The first-order valence-electron chi connectivity index (χ1n) is 5.63. The van der Waals surface area contributed by atoms with Gasteiger partial charge in [0.05, 0.1) is 6.42 Å². The lowest BCUT2D eigenvalue weighted by Crippen LogP contribution is -2.31. The van der Waals surface area contributed by atoms with Crippen molar-refractivity contribution in [1.29, 1.82) is 0 Å². The molecule has 4 N–H and O–H groups in total. The lowest BCUT2D eigenvalue weighted by Gasteiger charge is -2.24. The first kappa shape index (κ1) is 12.2. The minimum atomic E-state index is -0.584. The highest BCUT2D eigenvalue weighted by Crippen LogP contribution is 2.37. The summed E-state index contributed by atoms with van der Waals surface area (Å²) >= 11 is 0. The quantitative estimate of drug-likeness (QED) is 0.546. The van der Waals surface area contributed by atoms with Gasteiger partial charge in [-0.1, -0.05) is 6.07 Å². The van der Waals surface area contributed by atoms with Gasteiger partial charge in [0.2, 0.25) is 0 Å². The lowest BCUT2D eigenvalue weighted by atomic mass is 9.90. The van der Waals surface area contributed by atoms with Crippen molar-refractivity contribution in [1.82, 2.24) is 5.32 Å². The molecule has 2 amide bonds. The van der Waals surface area contributed by atoms with Gasteiger partial charge in [-0.25, -0.2) is 4.79 Å². The second-order valence-electron chi connectivity index (χ2n) is 4.18. The Morgan fingerprint density at radius 2 is 2.33 bits per heavy atom. The van der Waals surface area contributed by atoms with E-state index in [-0.39, 0.29) is 24.1 Å². The maximum Gasteiger partial charge on any atom is 0.312 e. The minimum Gasteiger partial charge on any atom is -0.508 e. The number of phenolic OH excluding ortho intramolecular Hbond substituents is 1. The molecule has 1 aliphatic heterocycles. The Morgan fingerprint density at radius 1 is 1.56 bits per heavy atom.